The highest BCUT2D eigenvalue weighted by molar-refractivity contribution is 14.1. The molecule has 0 aliphatic carbocycles. The van der Waals surface area contributed by atoms with Gasteiger partial charge in [0.15, 0.2) is 11.6 Å². The topological polar surface area (TPSA) is 9.23 Å². The van der Waals surface area contributed by atoms with Crippen molar-refractivity contribution in [2.75, 3.05) is 6.61 Å². The molecule has 0 atom stereocenters. The summed E-state index contributed by atoms with van der Waals surface area (Å²) < 4.78 is 19.8. The highest BCUT2D eigenvalue weighted by atomic mass is 127. The number of hydrogen-bond donors (Lipinski definition) is 0. The molecular formula is C15H22FIO. The second kappa shape index (κ2) is 9.59. The van der Waals surface area contributed by atoms with Gasteiger partial charge in [-0.3, -0.25) is 0 Å². The minimum Gasteiger partial charge on any atom is -0.491 e. The van der Waals surface area contributed by atoms with E-state index in [1.54, 1.807) is 6.07 Å². The summed E-state index contributed by atoms with van der Waals surface area (Å²) in [5.41, 5.74) is 0. The summed E-state index contributed by atoms with van der Waals surface area (Å²) in [7, 11) is 0. The largest absolute Gasteiger partial charge is 0.491 e. The maximum Gasteiger partial charge on any atom is 0.166 e. The van der Waals surface area contributed by atoms with E-state index in [-0.39, 0.29) is 5.82 Å². The second-order valence-electron chi connectivity index (χ2n) is 4.54. The van der Waals surface area contributed by atoms with Crippen molar-refractivity contribution in [2.24, 2.45) is 0 Å². The van der Waals surface area contributed by atoms with Gasteiger partial charge in [-0.2, -0.15) is 0 Å². The summed E-state index contributed by atoms with van der Waals surface area (Å²) in [4.78, 5) is 0. The van der Waals surface area contributed by atoms with Crippen LogP contribution >= 0.6 is 22.6 Å². The average molecular weight is 364 g/mol. The van der Waals surface area contributed by atoms with Crippen LogP contribution in [-0.2, 0) is 0 Å². The van der Waals surface area contributed by atoms with Gasteiger partial charge in [-0.25, -0.2) is 4.39 Å². The number of halogens is 2. The number of hydrogen-bond acceptors (Lipinski definition) is 1. The van der Waals surface area contributed by atoms with Crippen LogP contribution in [0.5, 0.6) is 5.75 Å². The molecule has 0 fully saturated rings. The lowest BCUT2D eigenvalue weighted by Crippen LogP contribution is -1.99. The quantitative estimate of drug-likeness (QED) is 0.412. The highest BCUT2D eigenvalue weighted by Gasteiger charge is 2.03. The molecule has 3 heteroatoms. The van der Waals surface area contributed by atoms with Gasteiger partial charge in [0.05, 0.1) is 6.61 Å². The lowest BCUT2D eigenvalue weighted by Gasteiger charge is -2.07. The Labute approximate surface area is 123 Å². The van der Waals surface area contributed by atoms with Crippen LogP contribution in [0.15, 0.2) is 18.2 Å². The van der Waals surface area contributed by atoms with E-state index in [1.165, 1.54) is 44.6 Å². The van der Waals surface area contributed by atoms with Crippen molar-refractivity contribution in [3.63, 3.8) is 0 Å². The molecule has 1 aromatic carbocycles. The molecule has 0 aromatic heterocycles. The zero-order valence-electron chi connectivity index (χ0n) is 11.1. The van der Waals surface area contributed by atoms with Gasteiger partial charge in [-0.15, -0.1) is 0 Å². The summed E-state index contributed by atoms with van der Waals surface area (Å²) in [6, 6.07) is 5.07. The Hall–Kier alpha value is -0.320. The van der Waals surface area contributed by atoms with E-state index in [2.05, 4.69) is 29.5 Å². The number of benzene rings is 1. The van der Waals surface area contributed by atoms with Crippen molar-refractivity contribution in [2.45, 2.75) is 51.9 Å². The van der Waals surface area contributed by atoms with Crippen LogP contribution in [0.3, 0.4) is 0 Å². The number of unbranched alkanes of at least 4 members (excludes halogenated alkanes) is 6. The molecule has 0 N–H and O–H groups in total. The first-order valence-electron chi connectivity index (χ1n) is 6.82. The maximum atomic E-state index is 13.4. The molecule has 0 amide bonds. The Morgan fingerprint density at radius 3 is 2.39 bits per heavy atom. The summed E-state index contributed by atoms with van der Waals surface area (Å²) in [6.45, 7) is 2.84. The fraction of sp³-hybridized carbons (Fsp3) is 0.600. The summed E-state index contributed by atoms with van der Waals surface area (Å²) >= 11 is 2.09. The standard InChI is InChI=1S/C15H22FIO/c1-2-3-4-5-6-7-8-11-18-15-10-9-13(17)12-14(15)16/h9-10,12H,2-8,11H2,1H3. The smallest absolute Gasteiger partial charge is 0.166 e. The van der Waals surface area contributed by atoms with E-state index in [0.29, 0.717) is 12.4 Å². The molecule has 102 valence electrons. The van der Waals surface area contributed by atoms with Gasteiger partial charge in [0.1, 0.15) is 0 Å². The van der Waals surface area contributed by atoms with E-state index in [1.807, 2.05) is 6.07 Å². The molecule has 0 unspecified atom stereocenters. The lowest BCUT2D eigenvalue weighted by atomic mass is 10.1. The molecule has 0 aliphatic rings. The summed E-state index contributed by atoms with van der Waals surface area (Å²) in [6.07, 6.45) is 8.72. The van der Waals surface area contributed by atoms with E-state index in [9.17, 15) is 4.39 Å². The Kier molecular flexibility index (Phi) is 8.38. The van der Waals surface area contributed by atoms with Gasteiger partial charge < -0.3 is 4.74 Å². The van der Waals surface area contributed by atoms with E-state index in [0.717, 1.165) is 9.99 Å². The Bertz CT molecular complexity index is 341. The molecule has 1 nitrogen and oxygen atoms in total. The van der Waals surface area contributed by atoms with Gasteiger partial charge in [0.2, 0.25) is 0 Å². The van der Waals surface area contributed by atoms with Crippen LogP contribution in [-0.4, -0.2) is 6.61 Å². The zero-order chi connectivity index (χ0) is 13.2. The van der Waals surface area contributed by atoms with Crippen LogP contribution in [0, 0.1) is 9.39 Å². The van der Waals surface area contributed by atoms with Gasteiger partial charge in [0.25, 0.3) is 0 Å². The molecule has 18 heavy (non-hydrogen) atoms. The molecule has 0 radical (unpaired) electrons. The zero-order valence-corrected chi connectivity index (χ0v) is 13.2. The molecule has 0 aliphatic heterocycles. The van der Waals surface area contributed by atoms with E-state index in [4.69, 9.17) is 4.74 Å². The summed E-state index contributed by atoms with van der Waals surface area (Å²) in [5, 5.41) is 0. The third-order valence-corrected chi connectivity index (χ3v) is 3.57. The molecular weight excluding hydrogens is 342 g/mol. The predicted octanol–water partition coefficient (Wildman–Crippen LogP) is 5.56. The third-order valence-electron chi connectivity index (χ3n) is 2.90. The van der Waals surface area contributed by atoms with Crippen molar-refractivity contribution in [1.82, 2.24) is 0 Å². The Morgan fingerprint density at radius 2 is 1.72 bits per heavy atom. The van der Waals surface area contributed by atoms with Gasteiger partial charge >= 0.3 is 0 Å². The maximum absolute atomic E-state index is 13.4. The molecule has 0 heterocycles. The lowest BCUT2D eigenvalue weighted by molar-refractivity contribution is 0.290. The van der Waals surface area contributed by atoms with Crippen LogP contribution in [0.4, 0.5) is 4.39 Å². The van der Waals surface area contributed by atoms with Crippen molar-refractivity contribution in [1.29, 1.82) is 0 Å². The minimum atomic E-state index is -0.259. The fourth-order valence-corrected chi connectivity index (χ4v) is 2.29. The average Bonchev–Trinajstić information content (AvgIpc) is 2.35. The molecule has 0 saturated carbocycles. The monoisotopic (exact) mass is 364 g/mol. The second-order valence-corrected chi connectivity index (χ2v) is 5.79. The molecule has 0 saturated heterocycles. The molecule has 1 aromatic rings. The molecule has 0 spiro atoms. The van der Waals surface area contributed by atoms with E-state index >= 15 is 0 Å². The Balaban J connectivity index is 2.07. The Morgan fingerprint density at radius 1 is 1.06 bits per heavy atom. The SMILES string of the molecule is CCCCCCCCCOc1ccc(I)cc1F. The van der Waals surface area contributed by atoms with Crippen LogP contribution in [0.2, 0.25) is 0 Å². The fourth-order valence-electron chi connectivity index (χ4n) is 1.83. The third kappa shape index (κ3) is 6.57. The van der Waals surface area contributed by atoms with Crippen LogP contribution < -0.4 is 4.74 Å². The van der Waals surface area contributed by atoms with Crippen molar-refractivity contribution in [3.8, 4) is 5.75 Å². The highest BCUT2D eigenvalue weighted by Crippen LogP contribution is 2.19. The van der Waals surface area contributed by atoms with Crippen LogP contribution in [0.25, 0.3) is 0 Å². The minimum absolute atomic E-state index is 0.259. The van der Waals surface area contributed by atoms with Crippen molar-refractivity contribution in [3.05, 3.63) is 27.6 Å². The van der Waals surface area contributed by atoms with E-state index < -0.39 is 0 Å². The van der Waals surface area contributed by atoms with Crippen molar-refractivity contribution >= 4 is 22.6 Å². The predicted molar refractivity (Wildman–Crippen MR) is 82.6 cm³/mol. The number of ether oxygens (including phenoxy) is 1. The first-order valence-corrected chi connectivity index (χ1v) is 7.89. The normalized spacial score (nSPS) is 10.6. The number of rotatable bonds is 9. The van der Waals surface area contributed by atoms with Gasteiger partial charge in [-0.05, 0) is 47.2 Å². The van der Waals surface area contributed by atoms with Crippen LogP contribution in [0.1, 0.15) is 51.9 Å². The van der Waals surface area contributed by atoms with Gasteiger partial charge in [0, 0.05) is 3.57 Å². The van der Waals surface area contributed by atoms with Crippen molar-refractivity contribution < 1.29 is 9.13 Å². The first-order chi connectivity index (χ1) is 8.74. The first kappa shape index (κ1) is 15.7. The summed E-state index contributed by atoms with van der Waals surface area (Å²) in [5.74, 6) is 0.117. The molecule has 1 rings (SSSR count). The molecule has 0 bridgehead atoms. The van der Waals surface area contributed by atoms with Gasteiger partial charge in [-0.1, -0.05) is 45.4 Å².